The molecule has 4 rings (SSSR count). The van der Waals surface area contributed by atoms with E-state index in [1.165, 1.54) is 11.5 Å². The molecule has 0 saturated carbocycles. The maximum Gasteiger partial charge on any atom is 0.246 e. The van der Waals surface area contributed by atoms with Crippen molar-refractivity contribution >= 4 is 33.6 Å². The number of fused-ring (bicyclic) bond motifs is 1. The second-order valence-electron chi connectivity index (χ2n) is 5.20. The predicted octanol–water partition coefficient (Wildman–Crippen LogP) is 3.19. The van der Waals surface area contributed by atoms with Crippen molar-refractivity contribution in [3.8, 4) is 11.4 Å². The number of nitrogens with one attached hydrogen (secondary N) is 1. The zero-order valence-electron chi connectivity index (χ0n) is 12.6. The standard InChI is InChI=1S/C17H13N5OS/c23-15(10-22-11-18-13-8-4-5-9-14(13)22)19-17-20-16(21-24-17)12-6-2-1-3-7-12/h1-9,11H,10H2,(H,19,20,21,23). The van der Waals surface area contributed by atoms with Gasteiger partial charge in [0.05, 0.1) is 17.4 Å². The third-order valence-electron chi connectivity index (χ3n) is 3.55. The van der Waals surface area contributed by atoms with Crippen LogP contribution in [0.1, 0.15) is 0 Å². The highest BCUT2D eigenvalue weighted by molar-refractivity contribution is 7.10. The van der Waals surface area contributed by atoms with Gasteiger partial charge in [-0.1, -0.05) is 42.5 Å². The Morgan fingerprint density at radius 2 is 1.88 bits per heavy atom. The van der Waals surface area contributed by atoms with Crippen molar-refractivity contribution in [2.45, 2.75) is 6.54 Å². The Morgan fingerprint density at radius 1 is 1.08 bits per heavy atom. The Hall–Kier alpha value is -3.06. The number of carbonyl (C=O) groups excluding carboxylic acids is 1. The number of benzene rings is 2. The van der Waals surface area contributed by atoms with Crippen LogP contribution >= 0.6 is 11.5 Å². The van der Waals surface area contributed by atoms with Gasteiger partial charge in [0.15, 0.2) is 5.82 Å². The van der Waals surface area contributed by atoms with Gasteiger partial charge in [-0.15, -0.1) is 0 Å². The van der Waals surface area contributed by atoms with Gasteiger partial charge in [0.2, 0.25) is 11.0 Å². The number of anilines is 1. The summed E-state index contributed by atoms with van der Waals surface area (Å²) in [5.41, 5.74) is 2.72. The van der Waals surface area contributed by atoms with Gasteiger partial charge >= 0.3 is 0 Å². The highest BCUT2D eigenvalue weighted by Gasteiger charge is 2.11. The molecule has 7 heteroatoms. The van der Waals surface area contributed by atoms with E-state index in [4.69, 9.17) is 0 Å². The van der Waals surface area contributed by atoms with Crippen LogP contribution in [0.3, 0.4) is 0 Å². The first-order chi connectivity index (χ1) is 11.8. The van der Waals surface area contributed by atoms with Gasteiger partial charge in [-0.2, -0.15) is 9.36 Å². The smallest absolute Gasteiger partial charge is 0.246 e. The first-order valence-electron chi connectivity index (χ1n) is 7.38. The third-order valence-corrected chi connectivity index (χ3v) is 4.18. The number of hydrogen-bond donors (Lipinski definition) is 1. The number of hydrogen-bond acceptors (Lipinski definition) is 5. The van der Waals surface area contributed by atoms with E-state index in [0.29, 0.717) is 11.0 Å². The van der Waals surface area contributed by atoms with Gasteiger partial charge in [-0.05, 0) is 12.1 Å². The van der Waals surface area contributed by atoms with E-state index in [0.717, 1.165) is 16.6 Å². The van der Waals surface area contributed by atoms with E-state index < -0.39 is 0 Å². The number of para-hydroxylation sites is 2. The van der Waals surface area contributed by atoms with Crippen LogP contribution in [0.25, 0.3) is 22.4 Å². The fourth-order valence-electron chi connectivity index (χ4n) is 2.43. The van der Waals surface area contributed by atoms with Crippen molar-refractivity contribution in [3.63, 3.8) is 0 Å². The van der Waals surface area contributed by atoms with Crippen LogP contribution in [-0.2, 0) is 11.3 Å². The SMILES string of the molecule is O=C(Cn1cnc2ccccc21)Nc1nc(-c2ccccc2)ns1. The molecule has 0 unspecified atom stereocenters. The van der Waals surface area contributed by atoms with E-state index in [9.17, 15) is 4.79 Å². The molecule has 0 spiro atoms. The van der Waals surface area contributed by atoms with Gasteiger partial charge in [0.25, 0.3) is 0 Å². The van der Waals surface area contributed by atoms with Gasteiger partial charge in [0.1, 0.15) is 6.54 Å². The molecule has 0 aliphatic carbocycles. The lowest BCUT2D eigenvalue weighted by Crippen LogP contribution is -2.18. The fourth-order valence-corrected chi connectivity index (χ4v) is 3.03. The Bertz CT molecular complexity index is 992. The fraction of sp³-hybridized carbons (Fsp3) is 0.0588. The lowest BCUT2D eigenvalue weighted by Gasteiger charge is -2.03. The second kappa shape index (κ2) is 6.21. The number of amides is 1. The Balaban J connectivity index is 1.48. The summed E-state index contributed by atoms with van der Waals surface area (Å²) in [6, 6.07) is 17.4. The molecule has 2 heterocycles. The topological polar surface area (TPSA) is 72.7 Å². The Labute approximate surface area is 142 Å². The molecule has 4 aromatic rings. The highest BCUT2D eigenvalue weighted by atomic mass is 32.1. The summed E-state index contributed by atoms with van der Waals surface area (Å²) in [5, 5.41) is 3.28. The van der Waals surface area contributed by atoms with Gasteiger partial charge in [-0.3, -0.25) is 10.1 Å². The molecule has 118 valence electrons. The summed E-state index contributed by atoms with van der Waals surface area (Å²) < 4.78 is 6.09. The average Bonchev–Trinajstić information content (AvgIpc) is 3.23. The molecule has 0 saturated heterocycles. The van der Waals surface area contributed by atoms with E-state index in [-0.39, 0.29) is 12.5 Å². The summed E-state index contributed by atoms with van der Waals surface area (Å²) >= 11 is 1.17. The monoisotopic (exact) mass is 335 g/mol. The molecule has 0 atom stereocenters. The molecular formula is C17H13N5OS. The molecular weight excluding hydrogens is 322 g/mol. The molecule has 1 amide bonds. The van der Waals surface area contributed by atoms with Crippen LogP contribution < -0.4 is 5.32 Å². The summed E-state index contributed by atoms with van der Waals surface area (Å²) in [7, 11) is 0. The third kappa shape index (κ3) is 2.89. The number of aromatic nitrogens is 4. The van der Waals surface area contributed by atoms with Crippen LogP contribution in [0.15, 0.2) is 60.9 Å². The average molecular weight is 335 g/mol. The molecule has 0 bridgehead atoms. The normalized spacial score (nSPS) is 10.8. The van der Waals surface area contributed by atoms with Crippen molar-refractivity contribution in [1.29, 1.82) is 0 Å². The molecule has 0 aliphatic heterocycles. The maximum atomic E-state index is 12.2. The van der Waals surface area contributed by atoms with Gasteiger partial charge < -0.3 is 4.57 Å². The predicted molar refractivity (Wildman–Crippen MR) is 93.7 cm³/mol. The minimum Gasteiger partial charge on any atom is -0.321 e. The number of imidazole rings is 1. The van der Waals surface area contributed by atoms with Crippen molar-refractivity contribution in [3.05, 3.63) is 60.9 Å². The lowest BCUT2D eigenvalue weighted by atomic mass is 10.2. The maximum absolute atomic E-state index is 12.2. The first-order valence-corrected chi connectivity index (χ1v) is 8.16. The lowest BCUT2D eigenvalue weighted by molar-refractivity contribution is -0.116. The number of rotatable bonds is 4. The zero-order valence-corrected chi connectivity index (χ0v) is 13.4. The molecule has 0 fully saturated rings. The molecule has 0 radical (unpaired) electrons. The van der Waals surface area contributed by atoms with Crippen molar-refractivity contribution < 1.29 is 4.79 Å². The first kappa shape index (κ1) is 14.5. The van der Waals surface area contributed by atoms with Crippen LogP contribution in [-0.4, -0.2) is 24.8 Å². The largest absolute Gasteiger partial charge is 0.321 e. The van der Waals surface area contributed by atoms with Gasteiger partial charge in [0, 0.05) is 17.1 Å². The van der Waals surface area contributed by atoms with Gasteiger partial charge in [-0.25, -0.2) is 4.98 Å². The summed E-state index contributed by atoms with van der Waals surface area (Å²) in [6.45, 7) is 0.181. The van der Waals surface area contributed by atoms with Crippen LogP contribution in [0.4, 0.5) is 5.13 Å². The highest BCUT2D eigenvalue weighted by Crippen LogP contribution is 2.20. The quantitative estimate of drug-likeness (QED) is 0.621. The molecule has 6 nitrogen and oxygen atoms in total. The Kier molecular flexibility index (Phi) is 3.76. The van der Waals surface area contributed by atoms with E-state index in [1.54, 1.807) is 6.33 Å². The summed E-state index contributed by atoms with van der Waals surface area (Å²) in [6.07, 6.45) is 1.67. The van der Waals surface area contributed by atoms with E-state index in [2.05, 4.69) is 19.7 Å². The summed E-state index contributed by atoms with van der Waals surface area (Å²) in [4.78, 5) is 20.9. The minimum absolute atomic E-state index is 0.158. The molecule has 1 N–H and O–H groups in total. The van der Waals surface area contributed by atoms with Crippen molar-refractivity contribution in [1.82, 2.24) is 18.9 Å². The van der Waals surface area contributed by atoms with E-state index >= 15 is 0 Å². The Morgan fingerprint density at radius 3 is 2.75 bits per heavy atom. The molecule has 2 aromatic carbocycles. The number of nitrogens with zero attached hydrogens (tertiary/aromatic N) is 4. The van der Waals surface area contributed by atoms with Crippen LogP contribution in [0.5, 0.6) is 0 Å². The van der Waals surface area contributed by atoms with E-state index in [1.807, 2.05) is 59.2 Å². The van der Waals surface area contributed by atoms with Crippen molar-refractivity contribution in [2.24, 2.45) is 0 Å². The molecule has 0 aliphatic rings. The zero-order chi connectivity index (χ0) is 16.4. The minimum atomic E-state index is -0.158. The van der Waals surface area contributed by atoms with Crippen LogP contribution in [0.2, 0.25) is 0 Å². The molecule has 2 aromatic heterocycles. The van der Waals surface area contributed by atoms with Crippen molar-refractivity contribution in [2.75, 3.05) is 5.32 Å². The van der Waals surface area contributed by atoms with Crippen LogP contribution in [0, 0.1) is 0 Å². The number of carbonyl (C=O) groups is 1. The molecule has 24 heavy (non-hydrogen) atoms. The second-order valence-corrected chi connectivity index (χ2v) is 5.95. The summed E-state index contributed by atoms with van der Waals surface area (Å²) in [5.74, 6) is 0.456.